The predicted octanol–water partition coefficient (Wildman–Crippen LogP) is 5.27. The van der Waals surface area contributed by atoms with Crippen molar-refractivity contribution in [3.63, 3.8) is 0 Å². The molecule has 0 N–H and O–H groups in total. The SMILES string of the molecule is CCCCCC1(C#N)CCC(C(=O)Oc2ccc(OCC)cc2)CC1. The van der Waals surface area contributed by atoms with E-state index in [1.165, 1.54) is 12.8 Å². The van der Waals surface area contributed by atoms with Gasteiger partial charge in [-0.25, -0.2) is 0 Å². The third-order valence-corrected chi connectivity index (χ3v) is 5.13. The second kappa shape index (κ2) is 9.46. The predicted molar refractivity (Wildman–Crippen MR) is 97.4 cm³/mol. The molecule has 0 heterocycles. The average molecular weight is 343 g/mol. The molecule has 0 atom stereocenters. The van der Waals surface area contributed by atoms with Crippen LogP contribution in [0.3, 0.4) is 0 Å². The van der Waals surface area contributed by atoms with Crippen molar-refractivity contribution >= 4 is 5.97 Å². The van der Waals surface area contributed by atoms with Gasteiger partial charge in [-0.05, 0) is 63.3 Å². The summed E-state index contributed by atoms with van der Waals surface area (Å²) in [4.78, 5) is 12.4. The maximum Gasteiger partial charge on any atom is 0.314 e. The molecule has 0 radical (unpaired) electrons. The van der Waals surface area contributed by atoms with Crippen molar-refractivity contribution in [3.8, 4) is 17.6 Å². The van der Waals surface area contributed by atoms with E-state index in [2.05, 4.69) is 13.0 Å². The van der Waals surface area contributed by atoms with Gasteiger partial charge in [0, 0.05) is 0 Å². The van der Waals surface area contributed by atoms with Crippen molar-refractivity contribution in [3.05, 3.63) is 24.3 Å². The number of nitrogens with zero attached hydrogens (tertiary/aromatic N) is 1. The second-order valence-corrected chi connectivity index (χ2v) is 6.95. The fourth-order valence-electron chi connectivity index (χ4n) is 3.51. The minimum Gasteiger partial charge on any atom is -0.494 e. The number of carbonyl (C=O) groups is 1. The Labute approximate surface area is 151 Å². The molecule has 0 aliphatic heterocycles. The summed E-state index contributed by atoms with van der Waals surface area (Å²) in [5.41, 5.74) is -0.231. The summed E-state index contributed by atoms with van der Waals surface area (Å²) >= 11 is 0. The molecule has 4 heteroatoms. The van der Waals surface area contributed by atoms with Gasteiger partial charge in [0.25, 0.3) is 0 Å². The molecule has 4 nitrogen and oxygen atoms in total. The molecule has 0 amide bonds. The van der Waals surface area contributed by atoms with E-state index in [1.54, 1.807) is 24.3 Å². The number of esters is 1. The first-order valence-corrected chi connectivity index (χ1v) is 9.48. The Balaban J connectivity index is 1.85. The van der Waals surface area contributed by atoms with E-state index >= 15 is 0 Å². The van der Waals surface area contributed by atoms with Crippen molar-refractivity contribution in [1.29, 1.82) is 5.26 Å². The number of carbonyl (C=O) groups excluding carboxylic acids is 1. The smallest absolute Gasteiger partial charge is 0.314 e. The lowest BCUT2D eigenvalue weighted by Crippen LogP contribution is -2.31. The van der Waals surface area contributed by atoms with E-state index < -0.39 is 0 Å². The first kappa shape index (κ1) is 19.3. The summed E-state index contributed by atoms with van der Waals surface area (Å²) < 4.78 is 10.9. The first-order chi connectivity index (χ1) is 12.1. The van der Waals surface area contributed by atoms with Crippen molar-refractivity contribution in [1.82, 2.24) is 0 Å². The highest BCUT2D eigenvalue weighted by Gasteiger charge is 2.37. The first-order valence-electron chi connectivity index (χ1n) is 9.48. The van der Waals surface area contributed by atoms with Crippen molar-refractivity contribution in [2.24, 2.45) is 11.3 Å². The highest BCUT2D eigenvalue weighted by atomic mass is 16.5. The fourth-order valence-corrected chi connectivity index (χ4v) is 3.51. The van der Waals surface area contributed by atoms with Gasteiger partial charge in [-0.3, -0.25) is 4.79 Å². The number of nitriles is 1. The van der Waals surface area contributed by atoms with E-state index in [0.717, 1.165) is 44.3 Å². The Kier molecular flexibility index (Phi) is 7.31. The molecule has 0 saturated heterocycles. The number of benzene rings is 1. The average Bonchev–Trinajstić information content (AvgIpc) is 2.64. The highest BCUT2D eigenvalue weighted by molar-refractivity contribution is 5.75. The maximum atomic E-state index is 12.4. The lowest BCUT2D eigenvalue weighted by atomic mass is 9.69. The van der Waals surface area contributed by atoms with E-state index in [-0.39, 0.29) is 17.3 Å². The monoisotopic (exact) mass is 343 g/mol. The lowest BCUT2D eigenvalue weighted by molar-refractivity contribution is -0.140. The number of hydrogen-bond acceptors (Lipinski definition) is 4. The van der Waals surface area contributed by atoms with Crippen LogP contribution in [0.2, 0.25) is 0 Å². The molecule has 25 heavy (non-hydrogen) atoms. The Morgan fingerprint density at radius 3 is 2.36 bits per heavy atom. The number of rotatable bonds is 8. The van der Waals surface area contributed by atoms with E-state index in [4.69, 9.17) is 9.47 Å². The minimum absolute atomic E-state index is 0.0979. The van der Waals surface area contributed by atoms with Gasteiger partial charge in [0.2, 0.25) is 0 Å². The zero-order chi connectivity index (χ0) is 18.1. The largest absolute Gasteiger partial charge is 0.494 e. The molecule has 2 rings (SSSR count). The molecular formula is C21H29NO3. The van der Waals surface area contributed by atoms with Crippen LogP contribution in [-0.2, 0) is 4.79 Å². The molecule has 1 fully saturated rings. The molecule has 1 aromatic rings. The van der Waals surface area contributed by atoms with Gasteiger partial charge >= 0.3 is 5.97 Å². The third-order valence-electron chi connectivity index (χ3n) is 5.13. The van der Waals surface area contributed by atoms with Crippen LogP contribution in [0.4, 0.5) is 0 Å². The molecule has 0 unspecified atom stereocenters. The van der Waals surface area contributed by atoms with Crippen LogP contribution in [-0.4, -0.2) is 12.6 Å². The van der Waals surface area contributed by atoms with Crippen LogP contribution in [0.5, 0.6) is 11.5 Å². The zero-order valence-electron chi connectivity index (χ0n) is 15.4. The van der Waals surface area contributed by atoms with Gasteiger partial charge in [-0.15, -0.1) is 0 Å². The number of hydrogen-bond donors (Lipinski definition) is 0. The standard InChI is InChI=1S/C21H29NO3/c1-3-5-6-13-21(16-22)14-11-17(12-15-21)20(23)25-19-9-7-18(8-10-19)24-4-2/h7-10,17H,3-6,11-15H2,1-2H3. The second-order valence-electron chi connectivity index (χ2n) is 6.95. The summed E-state index contributed by atoms with van der Waals surface area (Å²) in [5.74, 6) is 1.04. The van der Waals surface area contributed by atoms with Gasteiger partial charge in [-0.2, -0.15) is 5.26 Å². The Bertz CT molecular complexity index is 580. The van der Waals surface area contributed by atoms with E-state index in [0.29, 0.717) is 12.4 Å². The zero-order valence-corrected chi connectivity index (χ0v) is 15.4. The minimum atomic E-state index is -0.231. The van der Waals surface area contributed by atoms with Crippen LogP contribution >= 0.6 is 0 Å². The topological polar surface area (TPSA) is 59.3 Å². The molecule has 1 aliphatic carbocycles. The molecular weight excluding hydrogens is 314 g/mol. The molecule has 0 spiro atoms. The molecule has 1 aliphatic rings. The molecule has 0 aromatic heterocycles. The molecule has 1 aromatic carbocycles. The Morgan fingerprint density at radius 2 is 1.80 bits per heavy atom. The molecule has 1 saturated carbocycles. The number of unbranched alkanes of at least 4 members (excludes halogenated alkanes) is 2. The van der Waals surface area contributed by atoms with Gasteiger partial charge in [0.15, 0.2) is 0 Å². The van der Waals surface area contributed by atoms with Gasteiger partial charge in [-0.1, -0.05) is 26.2 Å². The quantitative estimate of drug-likeness (QED) is 0.366. The van der Waals surface area contributed by atoms with Crippen LogP contribution in [0.1, 0.15) is 65.2 Å². The summed E-state index contributed by atoms with van der Waals surface area (Å²) in [7, 11) is 0. The van der Waals surface area contributed by atoms with Crippen LogP contribution in [0.25, 0.3) is 0 Å². The third kappa shape index (κ3) is 5.49. The fraction of sp³-hybridized carbons (Fsp3) is 0.619. The molecule has 136 valence electrons. The van der Waals surface area contributed by atoms with Crippen LogP contribution in [0, 0.1) is 22.7 Å². The van der Waals surface area contributed by atoms with E-state index in [1.807, 2.05) is 6.92 Å². The van der Waals surface area contributed by atoms with Gasteiger partial charge in [0.05, 0.1) is 24.0 Å². The summed E-state index contributed by atoms with van der Waals surface area (Å²) in [6, 6.07) is 9.67. The summed E-state index contributed by atoms with van der Waals surface area (Å²) in [6.45, 7) is 4.72. The van der Waals surface area contributed by atoms with Crippen LogP contribution < -0.4 is 9.47 Å². The van der Waals surface area contributed by atoms with Crippen LogP contribution in [0.15, 0.2) is 24.3 Å². The highest BCUT2D eigenvalue weighted by Crippen LogP contribution is 2.42. The lowest BCUT2D eigenvalue weighted by Gasteiger charge is -2.34. The van der Waals surface area contributed by atoms with Gasteiger partial charge in [0.1, 0.15) is 11.5 Å². The summed E-state index contributed by atoms with van der Waals surface area (Å²) in [6.07, 6.45) is 7.49. The van der Waals surface area contributed by atoms with Crippen molar-refractivity contribution in [2.45, 2.75) is 65.2 Å². The molecule has 0 bridgehead atoms. The van der Waals surface area contributed by atoms with Crippen molar-refractivity contribution in [2.75, 3.05) is 6.61 Å². The number of ether oxygens (including phenoxy) is 2. The summed E-state index contributed by atoms with van der Waals surface area (Å²) in [5, 5.41) is 9.59. The van der Waals surface area contributed by atoms with Gasteiger partial charge < -0.3 is 9.47 Å². The Morgan fingerprint density at radius 1 is 1.16 bits per heavy atom. The maximum absolute atomic E-state index is 12.4. The normalized spacial score (nSPS) is 22.8. The van der Waals surface area contributed by atoms with E-state index in [9.17, 15) is 10.1 Å². The van der Waals surface area contributed by atoms with Crippen molar-refractivity contribution < 1.29 is 14.3 Å². The Hall–Kier alpha value is -2.02.